The van der Waals surface area contributed by atoms with E-state index in [-0.39, 0.29) is 5.82 Å². The number of nitrogens with one attached hydrogen (secondary N) is 1. The van der Waals surface area contributed by atoms with Crippen LogP contribution < -0.4 is 5.32 Å². The van der Waals surface area contributed by atoms with Crippen molar-refractivity contribution >= 4 is 0 Å². The van der Waals surface area contributed by atoms with Crippen LogP contribution in [0.25, 0.3) is 0 Å². The Morgan fingerprint density at radius 1 is 1.29 bits per heavy atom. The van der Waals surface area contributed by atoms with Crippen LogP contribution in [0.15, 0.2) is 24.3 Å². The van der Waals surface area contributed by atoms with Crippen LogP contribution in [0.5, 0.6) is 0 Å². The van der Waals surface area contributed by atoms with E-state index in [4.69, 9.17) is 0 Å². The van der Waals surface area contributed by atoms with Crippen molar-refractivity contribution in [3.63, 3.8) is 0 Å². The van der Waals surface area contributed by atoms with Gasteiger partial charge in [0.2, 0.25) is 0 Å². The van der Waals surface area contributed by atoms with Gasteiger partial charge in [-0.05, 0) is 68.1 Å². The van der Waals surface area contributed by atoms with E-state index in [2.05, 4.69) is 12.2 Å². The molecule has 0 saturated heterocycles. The highest BCUT2D eigenvalue weighted by atomic mass is 19.1. The molecule has 0 heterocycles. The quantitative estimate of drug-likeness (QED) is 0.888. The van der Waals surface area contributed by atoms with Gasteiger partial charge >= 0.3 is 0 Å². The lowest BCUT2D eigenvalue weighted by Crippen LogP contribution is -2.49. The summed E-state index contributed by atoms with van der Waals surface area (Å²) in [7, 11) is 0. The first-order valence-corrected chi connectivity index (χ1v) is 8.25. The van der Waals surface area contributed by atoms with E-state index in [1.165, 1.54) is 6.07 Å². The van der Waals surface area contributed by atoms with Crippen LogP contribution in [0.1, 0.15) is 56.9 Å². The Kier molecular flexibility index (Phi) is 4.32. The van der Waals surface area contributed by atoms with Crippen LogP contribution in [0.2, 0.25) is 0 Å². The molecule has 0 bridgehead atoms. The molecule has 2 nitrogen and oxygen atoms in total. The van der Waals surface area contributed by atoms with E-state index >= 15 is 0 Å². The lowest BCUT2D eigenvalue weighted by molar-refractivity contribution is -0.0108. The van der Waals surface area contributed by atoms with Gasteiger partial charge in [-0.15, -0.1) is 0 Å². The molecule has 0 radical (unpaired) electrons. The molecule has 2 saturated carbocycles. The van der Waals surface area contributed by atoms with Crippen LogP contribution in [0.4, 0.5) is 4.39 Å². The third-order valence-electron chi connectivity index (χ3n) is 5.38. The van der Waals surface area contributed by atoms with Crippen molar-refractivity contribution in [1.82, 2.24) is 5.32 Å². The largest absolute Gasteiger partial charge is 0.389 e. The van der Waals surface area contributed by atoms with E-state index < -0.39 is 5.60 Å². The Bertz CT molecular complexity index is 476. The minimum absolute atomic E-state index is 0.144. The maximum absolute atomic E-state index is 13.2. The zero-order valence-electron chi connectivity index (χ0n) is 12.8. The molecule has 2 aliphatic carbocycles. The fourth-order valence-electron chi connectivity index (χ4n) is 3.63. The molecule has 2 N–H and O–H groups in total. The molecular formula is C18H26FNO. The second kappa shape index (κ2) is 6.05. The highest BCUT2D eigenvalue weighted by Crippen LogP contribution is 2.38. The number of halogens is 1. The number of benzene rings is 1. The standard InChI is InChI=1S/C18H26FNO/c1-13-5-7-18(21,8-6-13)12-20-17-10-15(11-17)14-3-2-4-16(19)9-14/h2-4,9,13,15,17,20-21H,5-8,10-12H2,1H3. The van der Waals surface area contributed by atoms with Gasteiger partial charge in [-0.3, -0.25) is 0 Å². The topological polar surface area (TPSA) is 32.3 Å². The Balaban J connectivity index is 1.43. The van der Waals surface area contributed by atoms with Crippen molar-refractivity contribution in [3.8, 4) is 0 Å². The summed E-state index contributed by atoms with van der Waals surface area (Å²) < 4.78 is 13.2. The molecular weight excluding hydrogens is 265 g/mol. The van der Waals surface area contributed by atoms with E-state index in [0.29, 0.717) is 18.5 Å². The van der Waals surface area contributed by atoms with Gasteiger partial charge in [0.05, 0.1) is 5.60 Å². The van der Waals surface area contributed by atoms with E-state index in [1.54, 1.807) is 12.1 Å². The van der Waals surface area contributed by atoms with Crippen LogP contribution in [0.3, 0.4) is 0 Å². The van der Waals surface area contributed by atoms with E-state index in [0.717, 1.165) is 50.0 Å². The number of hydrogen-bond donors (Lipinski definition) is 2. The molecule has 0 aromatic heterocycles. The van der Waals surface area contributed by atoms with Crippen molar-refractivity contribution in [2.45, 2.75) is 63.0 Å². The van der Waals surface area contributed by atoms with Crippen LogP contribution in [-0.4, -0.2) is 23.3 Å². The SMILES string of the molecule is CC1CCC(O)(CNC2CC(c3cccc(F)c3)C2)CC1. The van der Waals surface area contributed by atoms with Crippen LogP contribution in [0, 0.1) is 11.7 Å². The molecule has 116 valence electrons. The molecule has 3 rings (SSSR count). The molecule has 2 aliphatic rings. The normalized spacial score (nSPS) is 36.2. The summed E-state index contributed by atoms with van der Waals surface area (Å²) in [5.74, 6) is 1.08. The van der Waals surface area contributed by atoms with Gasteiger partial charge in [0.25, 0.3) is 0 Å². The molecule has 0 spiro atoms. The Morgan fingerprint density at radius 3 is 2.67 bits per heavy atom. The zero-order valence-corrected chi connectivity index (χ0v) is 12.8. The summed E-state index contributed by atoms with van der Waals surface area (Å²) in [4.78, 5) is 0. The van der Waals surface area contributed by atoms with Crippen LogP contribution >= 0.6 is 0 Å². The third kappa shape index (κ3) is 3.64. The van der Waals surface area contributed by atoms with Gasteiger partial charge in [-0.1, -0.05) is 19.1 Å². The molecule has 0 atom stereocenters. The second-order valence-corrected chi connectivity index (χ2v) is 7.21. The Morgan fingerprint density at radius 2 is 2.00 bits per heavy atom. The third-order valence-corrected chi connectivity index (χ3v) is 5.38. The zero-order chi connectivity index (χ0) is 14.9. The first kappa shape index (κ1) is 15.0. The molecule has 0 aliphatic heterocycles. The predicted molar refractivity (Wildman–Crippen MR) is 82.7 cm³/mol. The number of aliphatic hydroxyl groups is 1. The first-order chi connectivity index (χ1) is 10.0. The molecule has 0 unspecified atom stereocenters. The first-order valence-electron chi connectivity index (χ1n) is 8.25. The van der Waals surface area contributed by atoms with Gasteiger partial charge < -0.3 is 10.4 Å². The molecule has 0 amide bonds. The number of hydrogen-bond acceptors (Lipinski definition) is 2. The molecule has 1 aromatic carbocycles. The van der Waals surface area contributed by atoms with Crippen LogP contribution in [-0.2, 0) is 0 Å². The molecule has 21 heavy (non-hydrogen) atoms. The summed E-state index contributed by atoms with van der Waals surface area (Å²) in [5, 5.41) is 14.1. The summed E-state index contributed by atoms with van der Waals surface area (Å²) in [6, 6.07) is 7.42. The smallest absolute Gasteiger partial charge is 0.123 e. The monoisotopic (exact) mass is 291 g/mol. The van der Waals surface area contributed by atoms with E-state index in [9.17, 15) is 9.50 Å². The Labute approximate surface area is 126 Å². The highest BCUT2D eigenvalue weighted by molar-refractivity contribution is 5.23. The second-order valence-electron chi connectivity index (χ2n) is 7.21. The average Bonchev–Trinajstić information content (AvgIpc) is 2.41. The fourth-order valence-corrected chi connectivity index (χ4v) is 3.63. The van der Waals surface area contributed by atoms with Crippen molar-refractivity contribution in [1.29, 1.82) is 0 Å². The fraction of sp³-hybridized carbons (Fsp3) is 0.667. The summed E-state index contributed by atoms with van der Waals surface area (Å²) in [6.07, 6.45) is 6.21. The van der Waals surface area contributed by atoms with Crippen molar-refractivity contribution in [2.24, 2.45) is 5.92 Å². The summed E-state index contributed by atoms with van der Waals surface area (Å²) >= 11 is 0. The minimum Gasteiger partial charge on any atom is -0.389 e. The van der Waals surface area contributed by atoms with Gasteiger partial charge in [0.15, 0.2) is 0 Å². The van der Waals surface area contributed by atoms with Crippen molar-refractivity contribution in [3.05, 3.63) is 35.6 Å². The predicted octanol–water partition coefficient (Wildman–Crippen LogP) is 3.60. The maximum atomic E-state index is 13.2. The lowest BCUT2D eigenvalue weighted by Gasteiger charge is -2.41. The minimum atomic E-state index is -0.504. The molecule has 3 heteroatoms. The highest BCUT2D eigenvalue weighted by Gasteiger charge is 2.35. The summed E-state index contributed by atoms with van der Waals surface area (Å²) in [5.41, 5.74) is 0.606. The van der Waals surface area contributed by atoms with Gasteiger partial charge in [-0.2, -0.15) is 0 Å². The average molecular weight is 291 g/mol. The van der Waals surface area contributed by atoms with E-state index in [1.807, 2.05) is 6.07 Å². The summed E-state index contributed by atoms with van der Waals surface area (Å²) in [6.45, 7) is 2.97. The van der Waals surface area contributed by atoms with Crippen molar-refractivity contribution in [2.75, 3.05) is 6.54 Å². The van der Waals surface area contributed by atoms with Gasteiger partial charge in [-0.25, -0.2) is 4.39 Å². The van der Waals surface area contributed by atoms with Gasteiger partial charge in [0, 0.05) is 12.6 Å². The lowest BCUT2D eigenvalue weighted by atomic mass is 9.75. The Hall–Kier alpha value is -0.930. The van der Waals surface area contributed by atoms with Gasteiger partial charge in [0.1, 0.15) is 5.82 Å². The van der Waals surface area contributed by atoms with Crippen molar-refractivity contribution < 1.29 is 9.50 Å². The number of rotatable bonds is 4. The molecule has 1 aromatic rings. The molecule has 2 fully saturated rings. The maximum Gasteiger partial charge on any atom is 0.123 e.